The fourth-order valence-electron chi connectivity index (χ4n) is 4.17. The number of aromatic nitrogens is 5. The summed E-state index contributed by atoms with van der Waals surface area (Å²) in [6, 6.07) is 10.3. The molecule has 1 aromatic carbocycles. The third-order valence-electron chi connectivity index (χ3n) is 5.94. The molecule has 1 N–H and O–H groups in total. The lowest BCUT2D eigenvalue weighted by Crippen LogP contribution is -2.15. The number of benzene rings is 1. The molecule has 0 saturated heterocycles. The molecule has 0 saturated carbocycles. The van der Waals surface area contributed by atoms with Gasteiger partial charge >= 0.3 is 0 Å². The molecule has 1 aliphatic rings. The van der Waals surface area contributed by atoms with Gasteiger partial charge in [-0.25, -0.2) is 4.98 Å². The summed E-state index contributed by atoms with van der Waals surface area (Å²) in [7, 11) is 0. The lowest BCUT2D eigenvalue weighted by molar-refractivity contribution is 0.509. The van der Waals surface area contributed by atoms with Gasteiger partial charge in [-0.3, -0.25) is 4.79 Å². The van der Waals surface area contributed by atoms with Crippen LogP contribution in [-0.2, 0) is 19.4 Å². The average Bonchev–Trinajstić information content (AvgIpc) is 3.29. The van der Waals surface area contributed by atoms with Gasteiger partial charge < -0.3 is 9.55 Å². The van der Waals surface area contributed by atoms with Gasteiger partial charge in [-0.1, -0.05) is 49.0 Å². The van der Waals surface area contributed by atoms with Crippen molar-refractivity contribution in [2.75, 3.05) is 0 Å². The summed E-state index contributed by atoms with van der Waals surface area (Å²) >= 11 is 3.27. The first kappa shape index (κ1) is 20.5. The van der Waals surface area contributed by atoms with E-state index in [1.807, 2.05) is 25.1 Å². The van der Waals surface area contributed by atoms with Gasteiger partial charge in [0.05, 0.1) is 17.2 Å². The molecule has 2 atom stereocenters. The van der Waals surface area contributed by atoms with Gasteiger partial charge in [0.25, 0.3) is 5.56 Å². The Labute approximate surface area is 189 Å². The highest BCUT2D eigenvalue weighted by atomic mass is 32.2. The number of H-pyrrole nitrogens is 1. The molecule has 3 heterocycles. The zero-order valence-corrected chi connectivity index (χ0v) is 19.5. The number of hydrogen-bond acceptors (Lipinski definition) is 6. The Morgan fingerprint density at radius 1 is 1.29 bits per heavy atom. The van der Waals surface area contributed by atoms with Crippen molar-refractivity contribution in [3.63, 3.8) is 0 Å². The van der Waals surface area contributed by atoms with E-state index >= 15 is 0 Å². The largest absolute Gasteiger partial charge is 0.309 e. The number of thioether (sulfide) groups is 1. The quantitative estimate of drug-likeness (QED) is 0.436. The van der Waals surface area contributed by atoms with E-state index in [4.69, 9.17) is 4.98 Å². The Morgan fingerprint density at radius 3 is 2.90 bits per heavy atom. The van der Waals surface area contributed by atoms with Crippen molar-refractivity contribution >= 4 is 33.3 Å². The summed E-state index contributed by atoms with van der Waals surface area (Å²) in [5.41, 5.74) is 2.41. The Balaban J connectivity index is 1.44. The van der Waals surface area contributed by atoms with Gasteiger partial charge in [-0.2, -0.15) is 0 Å². The van der Waals surface area contributed by atoms with E-state index in [1.165, 1.54) is 16.0 Å². The van der Waals surface area contributed by atoms with Crippen LogP contribution in [0.25, 0.3) is 10.2 Å². The highest BCUT2D eigenvalue weighted by molar-refractivity contribution is 7.99. The van der Waals surface area contributed by atoms with Gasteiger partial charge in [0.1, 0.15) is 16.5 Å². The van der Waals surface area contributed by atoms with Gasteiger partial charge in [-0.15, -0.1) is 21.5 Å². The molecular formula is C23H25N5OS2. The number of aryl methyl sites for hydroxylation is 2. The Kier molecular flexibility index (Phi) is 5.44. The fourth-order valence-corrected chi connectivity index (χ4v) is 6.51. The standard InChI is InChI=1S/C23H25N5OS2/c1-13-9-10-17-18(11-13)31-22-19(17)21(29)24-20(25-22)14(2)30-23-27-26-15(3)28(23)12-16-7-5-4-6-8-16/h4-8,13-14H,9-12H2,1-3H3,(H,24,25,29). The normalized spacial score (nSPS) is 17.1. The minimum atomic E-state index is -0.0479. The maximum atomic E-state index is 13.0. The molecule has 5 rings (SSSR count). The summed E-state index contributed by atoms with van der Waals surface area (Å²) in [5, 5.41) is 10.2. The Morgan fingerprint density at radius 2 is 2.10 bits per heavy atom. The van der Waals surface area contributed by atoms with Crippen LogP contribution in [0.4, 0.5) is 0 Å². The average molecular weight is 452 g/mol. The predicted molar refractivity (Wildman–Crippen MR) is 126 cm³/mol. The molecule has 0 amide bonds. The molecule has 3 aromatic heterocycles. The predicted octanol–water partition coefficient (Wildman–Crippen LogP) is 4.91. The second-order valence-electron chi connectivity index (χ2n) is 8.34. The molecule has 1 aliphatic carbocycles. The van der Waals surface area contributed by atoms with E-state index in [1.54, 1.807) is 23.1 Å². The Hall–Kier alpha value is -2.45. The molecule has 0 radical (unpaired) electrons. The lowest BCUT2D eigenvalue weighted by Gasteiger charge is -2.17. The van der Waals surface area contributed by atoms with Crippen LogP contribution in [0.5, 0.6) is 0 Å². The first-order valence-electron chi connectivity index (χ1n) is 10.6. The zero-order valence-electron chi connectivity index (χ0n) is 17.9. The Bertz CT molecular complexity index is 1290. The highest BCUT2D eigenvalue weighted by Crippen LogP contribution is 2.37. The first-order valence-corrected chi connectivity index (χ1v) is 12.3. The smallest absolute Gasteiger partial charge is 0.259 e. The highest BCUT2D eigenvalue weighted by Gasteiger charge is 2.24. The van der Waals surface area contributed by atoms with Crippen molar-refractivity contribution in [3.8, 4) is 0 Å². The van der Waals surface area contributed by atoms with Crippen LogP contribution in [0.1, 0.15) is 53.2 Å². The first-order chi connectivity index (χ1) is 15.0. The number of thiophene rings is 1. The summed E-state index contributed by atoms with van der Waals surface area (Å²) < 4.78 is 2.11. The fraction of sp³-hybridized carbons (Fsp3) is 0.391. The van der Waals surface area contributed by atoms with Crippen molar-refractivity contribution in [1.29, 1.82) is 0 Å². The molecule has 6 nitrogen and oxygen atoms in total. The van der Waals surface area contributed by atoms with Crippen molar-refractivity contribution in [2.45, 2.75) is 57.0 Å². The molecule has 2 unspecified atom stereocenters. The summed E-state index contributed by atoms with van der Waals surface area (Å²) in [4.78, 5) is 23.1. The van der Waals surface area contributed by atoms with Crippen LogP contribution in [0.15, 0.2) is 40.3 Å². The number of aromatic amines is 1. The molecule has 160 valence electrons. The van der Waals surface area contributed by atoms with Gasteiger partial charge in [0.2, 0.25) is 0 Å². The number of fused-ring (bicyclic) bond motifs is 3. The van der Waals surface area contributed by atoms with Crippen molar-refractivity contribution in [3.05, 3.63) is 68.3 Å². The minimum absolute atomic E-state index is 0.0126. The van der Waals surface area contributed by atoms with E-state index in [0.29, 0.717) is 18.3 Å². The third-order valence-corrected chi connectivity index (χ3v) is 8.17. The molecule has 0 aliphatic heterocycles. The van der Waals surface area contributed by atoms with Crippen LogP contribution >= 0.6 is 23.1 Å². The lowest BCUT2D eigenvalue weighted by atomic mass is 9.89. The molecule has 0 spiro atoms. The summed E-state index contributed by atoms with van der Waals surface area (Å²) in [6.07, 6.45) is 3.17. The summed E-state index contributed by atoms with van der Waals surface area (Å²) in [5.74, 6) is 2.24. The van der Waals surface area contributed by atoms with Gasteiger partial charge in [-0.05, 0) is 50.2 Å². The molecule has 31 heavy (non-hydrogen) atoms. The molecule has 8 heteroatoms. The van der Waals surface area contributed by atoms with E-state index < -0.39 is 0 Å². The third kappa shape index (κ3) is 3.94. The van der Waals surface area contributed by atoms with Gasteiger partial charge in [0, 0.05) is 4.88 Å². The second-order valence-corrected chi connectivity index (χ2v) is 10.7. The monoisotopic (exact) mass is 451 g/mol. The number of hydrogen-bond donors (Lipinski definition) is 1. The van der Waals surface area contributed by atoms with E-state index in [0.717, 1.165) is 40.5 Å². The van der Waals surface area contributed by atoms with Crippen molar-refractivity contribution in [1.82, 2.24) is 24.7 Å². The number of rotatable bonds is 5. The molecule has 4 aromatic rings. The van der Waals surface area contributed by atoms with E-state index in [-0.39, 0.29) is 10.8 Å². The number of nitrogens with one attached hydrogen (secondary N) is 1. The van der Waals surface area contributed by atoms with Crippen LogP contribution in [0.2, 0.25) is 0 Å². The minimum Gasteiger partial charge on any atom is -0.309 e. The van der Waals surface area contributed by atoms with Crippen LogP contribution in [0.3, 0.4) is 0 Å². The molecule has 0 fully saturated rings. The zero-order chi connectivity index (χ0) is 21.5. The van der Waals surface area contributed by atoms with Crippen LogP contribution in [-0.4, -0.2) is 24.7 Å². The maximum absolute atomic E-state index is 13.0. The van der Waals surface area contributed by atoms with Crippen molar-refractivity contribution < 1.29 is 0 Å². The van der Waals surface area contributed by atoms with E-state index in [2.05, 4.69) is 45.7 Å². The van der Waals surface area contributed by atoms with Crippen LogP contribution < -0.4 is 5.56 Å². The maximum Gasteiger partial charge on any atom is 0.259 e. The topological polar surface area (TPSA) is 76.5 Å². The van der Waals surface area contributed by atoms with E-state index in [9.17, 15) is 4.79 Å². The van der Waals surface area contributed by atoms with Crippen molar-refractivity contribution in [2.24, 2.45) is 5.92 Å². The molecular weight excluding hydrogens is 426 g/mol. The van der Waals surface area contributed by atoms with Gasteiger partial charge in [0.15, 0.2) is 5.16 Å². The summed E-state index contributed by atoms with van der Waals surface area (Å²) in [6.45, 7) is 7.02. The second kappa shape index (κ2) is 8.24. The van der Waals surface area contributed by atoms with Crippen LogP contribution in [0, 0.1) is 12.8 Å². The number of nitrogens with zero attached hydrogens (tertiary/aromatic N) is 4. The SMILES string of the molecule is Cc1nnc(SC(C)c2nc3sc4c(c3c(=O)[nH]2)CCC(C)C4)n1Cc1ccccc1. The molecule has 0 bridgehead atoms.